The molecular weight excluding hydrogens is 270 g/mol. The first-order chi connectivity index (χ1) is 10.1. The van der Waals surface area contributed by atoms with Crippen molar-refractivity contribution < 1.29 is 9.15 Å². The highest BCUT2D eigenvalue weighted by atomic mass is 16.5. The van der Waals surface area contributed by atoms with Crippen LogP contribution in [0.5, 0.6) is 0 Å². The molecule has 1 aromatic heterocycles. The Balaban J connectivity index is 1.78. The molecule has 1 aliphatic heterocycles. The molecule has 0 radical (unpaired) electrons. The predicted molar refractivity (Wildman–Crippen MR) is 77.8 cm³/mol. The van der Waals surface area contributed by atoms with Crippen molar-refractivity contribution in [1.29, 1.82) is 0 Å². The summed E-state index contributed by atoms with van der Waals surface area (Å²) in [6.45, 7) is 6.05. The summed E-state index contributed by atoms with van der Waals surface area (Å²) in [5.74, 6) is -0.0735. The van der Waals surface area contributed by atoms with Gasteiger partial charge in [-0.1, -0.05) is 18.2 Å². The fourth-order valence-corrected chi connectivity index (χ4v) is 2.68. The molecule has 0 spiro atoms. The van der Waals surface area contributed by atoms with E-state index in [1.54, 1.807) is 0 Å². The SMILES string of the molecule is C[C@@H]1CN(Cn2nc(-c3ccccc3)oc2=O)C[C@@H](C)O1. The lowest BCUT2D eigenvalue weighted by Crippen LogP contribution is -2.47. The highest BCUT2D eigenvalue weighted by molar-refractivity contribution is 5.51. The van der Waals surface area contributed by atoms with E-state index in [9.17, 15) is 4.79 Å². The van der Waals surface area contributed by atoms with Crippen LogP contribution in [0.4, 0.5) is 0 Å². The number of ether oxygens (including phenoxy) is 1. The lowest BCUT2D eigenvalue weighted by molar-refractivity contribution is -0.0780. The fourth-order valence-electron chi connectivity index (χ4n) is 2.68. The zero-order chi connectivity index (χ0) is 14.8. The third-order valence-corrected chi connectivity index (χ3v) is 3.46. The van der Waals surface area contributed by atoms with Crippen LogP contribution in [0.1, 0.15) is 13.8 Å². The van der Waals surface area contributed by atoms with Gasteiger partial charge in [-0.2, -0.15) is 4.68 Å². The summed E-state index contributed by atoms with van der Waals surface area (Å²) in [7, 11) is 0. The van der Waals surface area contributed by atoms with Crippen LogP contribution in [-0.2, 0) is 11.4 Å². The Hall–Kier alpha value is -1.92. The van der Waals surface area contributed by atoms with E-state index in [0.717, 1.165) is 18.7 Å². The Bertz CT molecular complexity index is 640. The second kappa shape index (κ2) is 5.83. The molecule has 1 aromatic carbocycles. The molecule has 2 atom stereocenters. The van der Waals surface area contributed by atoms with Gasteiger partial charge in [0.05, 0.1) is 12.2 Å². The number of aromatic nitrogens is 2. The van der Waals surface area contributed by atoms with Crippen LogP contribution in [0.25, 0.3) is 11.5 Å². The molecule has 6 heteroatoms. The minimum Gasteiger partial charge on any atom is -0.388 e. The maximum Gasteiger partial charge on any atom is 0.438 e. The van der Waals surface area contributed by atoms with Crippen LogP contribution in [-0.4, -0.2) is 40.0 Å². The van der Waals surface area contributed by atoms with Crippen molar-refractivity contribution in [2.75, 3.05) is 13.1 Å². The maximum atomic E-state index is 11.9. The number of nitrogens with zero attached hydrogens (tertiary/aromatic N) is 3. The van der Waals surface area contributed by atoms with Gasteiger partial charge in [0, 0.05) is 18.7 Å². The monoisotopic (exact) mass is 289 g/mol. The van der Waals surface area contributed by atoms with E-state index in [4.69, 9.17) is 9.15 Å². The van der Waals surface area contributed by atoms with Crippen molar-refractivity contribution in [3.05, 3.63) is 40.9 Å². The number of benzene rings is 1. The zero-order valence-electron chi connectivity index (χ0n) is 12.2. The minimum absolute atomic E-state index is 0.157. The molecule has 1 fully saturated rings. The lowest BCUT2D eigenvalue weighted by Gasteiger charge is -2.34. The van der Waals surface area contributed by atoms with Crippen molar-refractivity contribution in [3.8, 4) is 11.5 Å². The van der Waals surface area contributed by atoms with E-state index < -0.39 is 5.76 Å². The fraction of sp³-hybridized carbons (Fsp3) is 0.467. The number of hydrogen-bond donors (Lipinski definition) is 0. The predicted octanol–water partition coefficient (Wildman–Crippen LogP) is 1.57. The van der Waals surface area contributed by atoms with Crippen LogP contribution in [0.15, 0.2) is 39.5 Å². The average molecular weight is 289 g/mol. The summed E-state index contributed by atoms with van der Waals surface area (Å²) < 4.78 is 12.3. The summed E-state index contributed by atoms with van der Waals surface area (Å²) >= 11 is 0. The lowest BCUT2D eigenvalue weighted by atomic mass is 10.2. The molecule has 0 saturated carbocycles. The van der Waals surface area contributed by atoms with Gasteiger partial charge in [0.25, 0.3) is 0 Å². The molecule has 0 N–H and O–H groups in total. The van der Waals surface area contributed by atoms with Crippen molar-refractivity contribution in [2.45, 2.75) is 32.7 Å². The summed E-state index contributed by atoms with van der Waals surface area (Å²) in [5.41, 5.74) is 0.803. The Labute approximate surface area is 122 Å². The van der Waals surface area contributed by atoms with Crippen LogP contribution in [0.2, 0.25) is 0 Å². The standard InChI is InChI=1S/C15H19N3O3/c1-11-8-17(9-12(2)20-11)10-18-15(19)21-14(16-18)13-6-4-3-5-7-13/h3-7,11-12H,8-10H2,1-2H3/t11-,12-/m1/s1. The highest BCUT2D eigenvalue weighted by Gasteiger charge is 2.23. The second-order valence-electron chi connectivity index (χ2n) is 5.47. The summed E-state index contributed by atoms with van der Waals surface area (Å²) in [5, 5.41) is 4.28. The van der Waals surface area contributed by atoms with Crippen molar-refractivity contribution >= 4 is 0 Å². The summed E-state index contributed by atoms with van der Waals surface area (Å²) in [6.07, 6.45) is 0.315. The van der Waals surface area contributed by atoms with E-state index in [1.165, 1.54) is 4.68 Å². The van der Waals surface area contributed by atoms with Crippen LogP contribution in [0.3, 0.4) is 0 Å². The molecule has 0 bridgehead atoms. The molecular formula is C15H19N3O3. The molecule has 1 saturated heterocycles. The molecule has 2 aromatic rings. The molecule has 0 unspecified atom stereocenters. The van der Waals surface area contributed by atoms with E-state index >= 15 is 0 Å². The van der Waals surface area contributed by atoms with Gasteiger partial charge < -0.3 is 9.15 Å². The first-order valence-corrected chi connectivity index (χ1v) is 7.13. The van der Waals surface area contributed by atoms with Gasteiger partial charge in [-0.25, -0.2) is 4.79 Å². The van der Waals surface area contributed by atoms with E-state index in [0.29, 0.717) is 12.6 Å². The summed E-state index contributed by atoms with van der Waals surface area (Å²) in [4.78, 5) is 14.1. The molecule has 1 aliphatic rings. The molecule has 6 nitrogen and oxygen atoms in total. The highest BCUT2D eigenvalue weighted by Crippen LogP contribution is 2.15. The van der Waals surface area contributed by atoms with E-state index in [2.05, 4.69) is 10.00 Å². The molecule has 21 heavy (non-hydrogen) atoms. The van der Waals surface area contributed by atoms with Gasteiger partial charge in [-0.05, 0) is 26.0 Å². The number of rotatable bonds is 3. The Morgan fingerprint density at radius 3 is 2.52 bits per heavy atom. The van der Waals surface area contributed by atoms with Crippen LogP contribution < -0.4 is 5.76 Å². The van der Waals surface area contributed by atoms with Gasteiger partial charge >= 0.3 is 5.76 Å². The van der Waals surface area contributed by atoms with E-state index in [-0.39, 0.29) is 12.2 Å². The molecule has 3 rings (SSSR count). The molecule has 2 heterocycles. The number of morpholine rings is 1. The van der Waals surface area contributed by atoms with Crippen LogP contribution in [0, 0.1) is 0 Å². The topological polar surface area (TPSA) is 60.5 Å². The van der Waals surface area contributed by atoms with Gasteiger partial charge in [0.15, 0.2) is 0 Å². The van der Waals surface area contributed by atoms with Crippen LogP contribution >= 0.6 is 0 Å². The van der Waals surface area contributed by atoms with Gasteiger partial charge in [-0.15, -0.1) is 5.10 Å². The van der Waals surface area contributed by atoms with Crippen molar-refractivity contribution in [3.63, 3.8) is 0 Å². The van der Waals surface area contributed by atoms with E-state index in [1.807, 2.05) is 44.2 Å². The first kappa shape index (κ1) is 14.0. The zero-order valence-corrected chi connectivity index (χ0v) is 12.2. The van der Waals surface area contributed by atoms with Gasteiger partial charge in [0.1, 0.15) is 6.67 Å². The Kier molecular flexibility index (Phi) is 3.90. The Morgan fingerprint density at radius 2 is 1.86 bits per heavy atom. The minimum atomic E-state index is -0.430. The largest absolute Gasteiger partial charge is 0.438 e. The quantitative estimate of drug-likeness (QED) is 0.858. The van der Waals surface area contributed by atoms with Crippen molar-refractivity contribution in [1.82, 2.24) is 14.7 Å². The summed E-state index contributed by atoms with van der Waals surface area (Å²) in [6, 6.07) is 9.43. The first-order valence-electron chi connectivity index (χ1n) is 7.13. The third kappa shape index (κ3) is 3.22. The third-order valence-electron chi connectivity index (χ3n) is 3.46. The van der Waals surface area contributed by atoms with Gasteiger partial charge in [0.2, 0.25) is 5.89 Å². The Morgan fingerprint density at radius 1 is 1.19 bits per heavy atom. The normalized spacial score (nSPS) is 23.3. The molecule has 112 valence electrons. The average Bonchev–Trinajstić information content (AvgIpc) is 2.80. The van der Waals surface area contributed by atoms with Gasteiger partial charge in [-0.3, -0.25) is 4.90 Å². The molecule has 0 aliphatic carbocycles. The molecule has 0 amide bonds. The second-order valence-corrected chi connectivity index (χ2v) is 5.47. The van der Waals surface area contributed by atoms with Crippen molar-refractivity contribution in [2.24, 2.45) is 0 Å². The maximum absolute atomic E-state index is 11.9. The number of hydrogen-bond acceptors (Lipinski definition) is 5. The smallest absolute Gasteiger partial charge is 0.388 e.